The van der Waals surface area contributed by atoms with Crippen molar-refractivity contribution in [2.24, 2.45) is 17.3 Å². The van der Waals surface area contributed by atoms with Crippen molar-refractivity contribution < 1.29 is 23.9 Å². The van der Waals surface area contributed by atoms with E-state index in [-0.39, 0.29) is 24.0 Å². The van der Waals surface area contributed by atoms with Gasteiger partial charge in [-0.15, -0.1) is 0 Å². The summed E-state index contributed by atoms with van der Waals surface area (Å²) < 4.78 is 9.62. The van der Waals surface area contributed by atoms with Gasteiger partial charge in [-0.25, -0.2) is 0 Å². The quantitative estimate of drug-likeness (QED) is 0.581. The van der Waals surface area contributed by atoms with E-state index >= 15 is 0 Å². The van der Waals surface area contributed by atoms with Crippen LogP contribution < -0.4 is 0 Å². The molecule has 1 fully saturated rings. The maximum atomic E-state index is 12.1. The molecule has 2 atom stereocenters. The largest absolute Gasteiger partial charge is 0.468 e. The third kappa shape index (κ3) is 1.79. The van der Waals surface area contributed by atoms with Crippen LogP contribution >= 0.6 is 0 Å². The molecule has 5 heteroatoms. The lowest BCUT2D eigenvalue weighted by Crippen LogP contribution is -2.40. The number of esters is 2. The van der Waals surface area contributed by atoms with Crippen LogP contribution in [0, 0.1) is 17.3 Å². The van der Waals surface area contributed by atoms with Gasteiger partial charge in [-0.2, -0.15) is 0 Å². The maximum Gasteiger partial charge on any atom is 0.323 e. The van der Waals surface area contributed by atoms with Gasteiger partial charge in [-0.3, -0.25) is 14.4 Å². The number of ether oxygens (including phenoxy) is 2. The monoisotopic (exact) mass is 280 g/mol. The fraction of sp³-hybridized carbons (Fsp3) is 0.667. The van der Waals surface area contributed by atoms with E-state index in [0.717, 1.165) is 11.1 Å². The second-order valence-electron chi connectivity index (χ2n) is 5.56. The van der Waals surface area contributed by atoms with Crippen molar-refractivity contribution >= 4 is 17.7 Å². The van der Waals surface area contributed by atoms with Crippen molar-refractivity contribution in [1.29, 1.82) is 0 Å². The Hall–Kier alpha value is -1.65. The first kappa shape index (κ1) is 14.8. The van der Waals surface area contributed by atoms with Gasteiger partial charge in [0.2, 0.25) is 0 Å². The van der Waals surface area contributed by atoms with Crippen molar-refractivity contribution in [2.45, 2.75) is 33.1 Å². The van der Waals surface area contributed by atoms with Crippen molar-refractivity contribution in [3.05, 3.63) is 11.1 Å². The number of Topliss-reactive ketones (excluding diaryl/α,β-unsaturated/α-hetero) is 1. The minimum Gasteiger partial charge on any atom is -0.468 e. The number of carbonyl (C=O) groups is 3. The minimum absolute atomic E-state index is 0.0457. The van der Waals surface area contributed by atoms with E-state index in [2.05, 4.69) is 0 Å². The Balaban J connectivity index is 2.47. The number of ketones is 1. The standard InChI is InChI=1S/C15H20O5/c1-5-9-11-7-15(13(17)19-3,14(18)20-4)6-10(11)8(2)12(9)16/h8,10H,5-7H2,1-4H3/t8-,10-/m1/s1. The smallest absolute Gasteiger partial charge is 0.323 e. The minimum atomic E-state index is -1.28. The van der Waals surface area contributed by atoms with Gasteiger partial charge in [0.05, 0.1) is 14.2 Å². The number of rotatable bonds is 3. The lowest BCUT2D eigenvalue weighted by atomic mass is 9.81. The fourth-order valence-electron chi connectivity index (χ4n) is 3.64. The zero-order valence-corrected chi connectivity index (χ0v) is 12.3. The molecule has 0 aliphatic heterocycles. The number of methoxy groups -OCH3 is 2. The van der Waals surface area contributed by atoms with E-state index in [1.807, 2.05) is 13.8 Å². The maximum absolute atomic E-state index is 12.1. The SMILES string of the molecule is CCC1=C2CC(C(=O)OC)(C(=O)OC)C[C@@H]2[C@@H](C)C1=O. The van der Waals surface area contributed by atoms with Gasteiger partial charge in [0.1, 0.15) is 0 Å². The highest BCUT2D eigenvalue weighted by atomic mass is 16.5. The second kappa shape index (κ2) is 5.04. The molecule has 0 radical (unpaired) electrons. The van der Waals surface area contributed by atoms with E-state index in [9.17, 15) is 14.4 Å². The number of carbonyl (C=O) groups excluding carboxylic acids is 3. The topological polar surface area (TPSA) is 69.7 Å². The molecule has 0 heterocycles. The summed E-state index contributed by atoms with van der Waals surface area (Å²) in [4.78, 5) is 36.4. The molecule has 0 saturated heterocycles. The Kier molecular flexibility index (Phi) is 3.71. The highest BCUT2D eigenvalue weighted by Crippen LogP contribution is 2.55. The molecular weight excluding hydrogens is 260 g/mol. The number of allylic oxidation sites excluding steroid dienone is 2. The summed E-state index contributed by atoms with van der Waals surface area (Å²) in [7, 11) is 2.54. The molecule has 0 spiro atoms. The summed E-state index contributed by atoms with van der Waals surface area (Å²) in [6, 6.07) is 0. The van der Waals surface area contributed by atoms with Gasteiger partial charge < -0.3 is 9.47 Å². The molecule has 0 bridgehead atoms. The van der Waals surface area contributed by atoms with Crippen molar-refractivity contribution in [3.63, 3.8) is 0 Å². The Morgan fingerprint density at radius 3 is 2.25 bits per heavy atom. The summed E-state index contributed by atoms with van der Waals surface area (Å²) >= 11 is 0. The molecule has 0 amide bonds. The molecule has 110 valence electrons. The first-order valence-corrected chi connectivity index (χ1v) is 6.85. The van der Waals surface area contributed by atoms with Gasteiger partial charge >= 0.3 is 11.9 Å². The predicted molar refractivity (Wildman–Crippen MR) is 70.7 cm³/mol. The Morgan fingerprint density at radius 1 is 1.25 bits per heavy atom. The molecule has 1 saturated carbocycles. The molecule has 0 N–H and O–H groups in total. The molecule has 0 aromatic carbocycles. The van der Waals surface area contributed by atoms with Gasteiger partial charge in [0, 0.05) is 5.92 Å². The lowest BCUT2D eigenvalue weighted by Gasteiger charge is -2.24. The summed E-state index contributed by atoms with van der Waals surface area (Å²) in [6.07, 6.45) is 1.18. The van der Waals surface area contributed by atoms with E-state index < -0.39 is 17.4 Å². The van der Waals surface area contributed by atoms with Crippen LogP contribution in [0.4, 0.5) is 0 Å². The van der Waals surface area contributed by atoms with Crippen LogP contribution in [0.15, 0.2) is 11.1 Å². The zero-order valence-electron chi connectivity index (χ0n) is 12.3. The molecule has 0 aromatic heterocycles. The summed E-state index contributed by atoms with van der Waals surface area (Å²) in [5.74, 6) is -1.20. The van der Waals surface area contributed by atoms with E-state index in [0.29, 0.717) is 12.8 Å². The van der Waals surface area contributed by atoms with Gasteiger partial charge in [0.15, 0.2) is 11.2 Å². The molecule has 20 heavy (non-hydrogen) atoms. The van der Waals surface area contributed by atoms with Crippen LogP contribution in [-0.2, 0) is 23.9 Å². The zero-order chi connectivity index (χ0) is 15.1. The number of hydrogen-bond donors (Lipinski definition) is 0. The first-order valence-electron chi connectivity index (χ1n) is 6.85. The van der Waals surface area contributed by atoms with Crippen molar-refractivity contribution in [2.75, 3.05) is 14.2 Å². The predicted octanol–water partition coefficient (Wildman–Crippen LogP) is 1.65. The number of hydrogen-bond acceptors (Lipinski definition) is 5. The lowest BCUT2D eigenvalue weighted by molar-refractivity contribution is -0.169. The van der Waals surface area contributed by atoms with Gasteiger partial charge in [-0.05, 0) is 30.8 Å². The first-order chi connectivity index (χ1) is 9.42. The summed E-state index contributed by atoms with van der Waals surface area (Å²) in [5.41, 5.74) is 0.441. The average Bonchev–Trinajstić information content (AvgIpc) is 2.95. The normalized spacial score (nSPS) is 27.5. The molecule has 0 aromatic rings. The molecule has 2 rings (SSSR count). The number of fused-ring (bicyclic) bond motifs is 1. The van der Waals surface area contributed by atoms with Crippen LogP contribution in [0.3, 0.4) is 0 Å². The summed E-state index contributed by atoms with van der Waals surface area (Å²) in [6.45, 7) is 3.78. The van der Waals surface area contributed by atoms with Crippen molar-refractivity contribution in [3.8, 4) is 0 Å². The third-order valence-electron chi connectivity index (χ3n) is 4.72. The van der Waals surface area contributed by atoms with Crippen LogP contribution in [0.5, 0.6) is 0 Å². The fourth-order valence-corrected chi connectivity index (χ4v) is 3.64. The van der Waals surface area contributed by atoms with E-state index in [4.69, 9.17) is 9.47 Å². The van der Waals surface area contributed by atoms with E-state index in [1.165, 1.54) is 14.2 Å². The second-order valence-corrected chi connectivity index (χ2v) is 5.56. The van der Waals surface area contributed by atoms with E-state index in [1.54, 1.807) is 0 Å². The van der Waals surface area contributed by atoms with Gasteiger partial charge in [-0.1, -0.05) is 19.4 Å². The highest BCUT2D eigenvalue weighted by Gasteiger charge is 2.59. The Bertz CT molecular complexity index is 486. The third-order valence-corrected chi connectivity index (χ3v) is 4.72. The Labute approximate surface area is 118 Å². The van der Waals surface area contributed by atoms with Crippen LogP contribution in [0.25, 0.3) is 0 Å². The molecule has 2 aliphatic carbocycles. The molecule has 5 nitrogen and oxygen atoms in total. The van der Waals surface area contributed by atoms with Crippen molar-refractivity contribution in [1.82, 2.24) is 0 Å². The highest BCUT2D eigenvalue weighted by molar-refractivity contribution is 6.05. The molecule has 2 aliphatic rings. The molecular formula is C15H20O5. The molecule has 0 unspecified atom stereocenters. The Morgan fingerprint density at radius 2 is 1.80 bits per heavy atom. The van der Waals surface area contributed by atoms with Crippen LogP contribution in [-0.4, -0.2) is 31.9 Å². The average molecular weight is 280 g/mol. The van der Waals surface area contributed by atoms with Gasteiger partial charge in [0.25, 0.3) is 0 Å². The van der Waals surface area contributed by atoms with Crippen LogP contribution in [0.2, 0.25) is 0 Å². The van der Waals surface area contributed by atoms with Crippen LogP contribution in [0.1, 0.15) is 33.1 Å². The summed E-state index contributed by atoms with van der Waals surface area (Å²) in [5, 5.41) is 0.